The second kappa shape index (κ2) is 10.4. The SMILES string of the molecule is CCCCN(CCCC)N(NCCC)C(=O)O. The van der Waals surface area contributed by atoms with Gasteiger partial charge in [0.25, 0.3) is 0 Å². The van der Waals surface area contributed by atoms with E-state index in [0.717, 1.165) is 45.2 Å². The van der Waals surface area contributed by atoms with Crippen LogP contribution in [0.15, 0.2) is 0 Å². The van der Waals surface area contributed by atoms with E-state index in [1.807, 2.05) is 11.9 Å². The summed E-state index contributed by atoms with van der Waals surface area (Å²) in [6.07, 6.45) is 4.17. The fourth-order valence-corrected chi connectivity index (χ4v) is 1.50. The Balaban J connectivity index is 4.37. The second-order valence-electron chi connectivity index (χ2n) is 4.16. The maximum atomic E-state index is 11.2. The molecule has 0 spiro atoms. The van der Waals surface area contributed by atoms with Crippen molar-refractivity contribution in [2.45, 2.75) is 52.9 Å². The predicted octanol–water partition coefficient (Wildman–Crippen LogP) is 2.70. The molecule has 0 bridgehead atoms. The summed E-state index contributed by atoms with van der Waals surface area (Å²) in [7, 11) is 0. The Kier molecular flexibility index (Phi) is 9.86. The Morgan fingerprint density at radius 3 is 1.94 bits per heavy atom. The molecule has 0 saturated heterocycles. The number of amides is 1. The van der Waals surface area contributed by atoms with Gasteiger partial charge >= 0.3 is 6.09 Å². The highest BCUT2D eigenvalue weighted by Gasteiger charge is 2.19. The Labute approximate surface area is 105 Å². The maximum Gasteiger partial charge on any atom is 0.437 e. The molecule has 0 fully saturated rings. The van der Waals surface area contributed by atoms with Crippen LogP contribution in [0.4, 0.5) is 4.79 Å². The molecule has 0 aliphatic heterocycles. The van der Waals surface area contributed by atoms with Crippen LogP contribution in [0.5, 0.6) is 0 Å². The lowest BCUT2D eigenvalue weighted by molar-refractivity contribution is -0.0490. The molecule has 0 aromatic carbocycles. The molecule has 0 atom stereocenters. The smallest absolute Gasteiger partial charge is 0.437 e. The molecule has 0 unspecified atom stereocenters. The van der Waals surface area contributed by atoms with E-state index in [-0.39, 0.29) is 0 Å². The highest BCUT2D eigenvalue weighted by molar-refractivity contribution is 5.63. The van der Waals surface area contributed by atoms with Gasteiger partial charge in [-0.1, -0.05) is 33.6 Å². The van der Waals surface area contributed by atoms with E-state index >= 15 is 0 Å². The number of carboxylic acid groups (broad SMARTS) is 1. The van der Waals surface area contributed by atoms with Crippen LogP contribution in [0.1, 0.15) is 52.9 Å². The van der Waals surface area contributed by atoms with E-state index in [1.54, 1.807) is 0 Å². The van der Waals surface area contributed by atoms with Crippen LogP contribution in [0.2, 0.25) is 0 Å². The summed E-state index contributed by atoms with van der Waals surface area (Å²) in [5.74, 6) is 0. The van der Waals surface area contributed by atoms with Gasteiger partial charge in [0.15, 0.2) is 0 Å². The van der Waals surface area contributed by atoms with Gasteiger partial charge in [0, 0.05) is 19.6 Å². The third-order valence-electron chi connectivity index (χ3n) is 2.52. The van der Waals surface area contributed by atoms with Gasteiger partial charge in [-0.15, -0.1) is 0 Å². The number of nitrogens with zero attached hydrogens (tertiary/aromatic N) is 2. The molecular weight excluding hydrogens is 218 g/mol. The molecule has 0 aliphatic rings. The molecular formula is C12H27N3O2. The van der Waals surface area contributed by atoms with Gasteiger partial charge in [-0.2, -0.15) is 5.12 Å². The lowest BCUT2D eigenvalue weighted by Gasteiger charge is -2.32. The van der Waals surface area contributed by atoms with Crippen molar-refractivity contribution in [3.63, 3.8) is 0 Å². The minimum Gasteiger partial charge on any atom is -0.463 e. The zero-order chi connectivity index (χ0) is 13.1. The van der Waals surface area contributed by atoms with Crippen LogP contribution in [0, 0.1) is 0 Å². The topological polar surface area (TPSA) is 55.8 Å². The molecule has 0 rings (SSSR count). The number of hydrogen-bond donors (Lipinski definition) is 2. The summed E-state index contributed by atoms with van der Waals surface area (Å²) in [6, 6.07) is 0. The summed E-state index contributed by atoms with van der Waals surface area (Å²) < 4.78 is 0. The monoisotopic (exact) mass is 245 g/mol. The number of nitrogens with one attached hydrogen (secondary N) is 1. The highest BCUT2D eigenvalue weighted by Crippen LogP contribution is 2.03. The molecule has 2 N–H and O–H groups in total. The van der Waals surface area contributed by atoms with E-state index < -0.39 is 6.09 Å². The van der Waals surface area contributed by atoms with E-state index in [9.17, 15) is 9.90 Å². The maximum absolute atomic E-state index is 11.2. The summed E-state index contributed by atoms with van der Waals surface area (Å²) in [4.78, 5) is 11.2. The number of unbranched alkanes of at least 4 members (excludes halogenated alkanes) is 2. The minimum atomic E-state index is -0.925. The number of rotatable bonds is 10. The fraction of sp³-hybridized carbons (Fsp3) is 0.917. The average Bonchev–Trinajstić information content (AvgIpc) is 2.31. The molecule has 5 nitrogen and oxygen atoms in total. The Bertz CT molecular complexity index is 192. The Hall–Kier alpha value is -0.810. The average molecular weight is 245 g/mol. The van der Waals surface area contributed by atoms with Crippen molar-refractivity contribution in [1.82, 2.24) is 15.6 Å². The van der Waals surface area contributed by atoms with Crippen molar-refractivity contribution in [3.05, 3.63) is 0 Å². The van der Waals surface area contributed by atoms with Gasteiger partial charge in [-0.25, -0.2) is 15.2 Å². The Morgan fingerprint density at radius 2 is 1.59 bits per heavy atom. The first-order valence-corrected chi connectivity index (χ1v) is 6.68. The highest BCUT2D eigenvalue weighted by atomic mass is 16.4. The fourth-order valence-electron chi connectivity index (χ4n) is 1.50. The first kappa shape index (κ1) is 16.2. The normalized spacial score (nSPS) is 10.8. The lowest BCUT2D eigenvalue weighted by atomic mass is 10.3. The molecule has 102 valence electrons. The minimum absolute atomic E-state index is 0.682. The van der Waals surface area contributed by atoms with E-state index in [4.69, 9.17) is 0 Å². The van der Waals surface area contributed by atoms with Crippen molar-refractivity contribution >= 4 is 6.09 Å². The molecule has 0 saturated carbocycles. The molecule has 0 aromatic rings. The third-order valence-corrected chi connectivity index (χ3v) is 2.52. The molecule has 0 radical (unpaired) electrons. The number of hydrazine groups is 2. The van der Waals surface area contributed by atoms with Crippen LogP contribution < -0.4 is 5.43 Å². The first-order valence-electron chi connectivity index (χ1n) is 6.68. The van der Waals surface area contributed by atoms with Crippen molar-refractivity contribution in [2.75, 3.05) is 19.6 Å². The van der Waals surface area contributed by atoms with Gasteiger partial charge in [0.05, 0.1) is 0 Å². The Morgan fingerprint density at radius 1 is 1.06 bits per heavy atom. The summed E-state index contributed by atoms with van der Waals surface area (Å²) in [5, 5.41) is 12.3. The quantitative estimate of drug-likeness (QED) is 0.581. The van der Waals surface area contributed by atoms with E-state index in [2.05, 4.69) is 19.3 Å². The second-order valence-corrected chi connectivity index (χ2v) is 4.16. The van der Waals surface area contributed by atoms with Gasteiger partial charge < -0.3 is 5.11 Å². The van der Waals surface area contributed by atoms with Crippen LogP contribution in [0.3, 0.4) is 0 Å². The zero-order valence-electron chi connectivity index (χ0n) is 11.4. The van der Waals surface area contributed by atoms with Crippen molar-refractivity contribution in [3.8, 4) is 0 Å². The standard InChI is InChI=1S/C12H27N3O2/c1-4-7-10-14(11-8-5-2)15(12(16)17)13-9-6-3/h13H,4-11H2,1-3H3,(H,16,17). The van der Waals surface area contributed by atoms with Gasteiger partial charge in [-0.3, -0.25) is 0 Å². The van der Waals surface area contributed by atoms with E-state index in [1.165, 1.54) is 5.12 Å². The van der Waals surface area contributed by atoms with Crippen LogP contribution >= 0.6 is 0 Å². The number of hydrogen-bond acceptors (Lipinski definition) is 3. The number of carbonyl (C=O) groups is 1. The predicted molar refractivity (Wildman–Crippen MR) is 69.5 cm³/mol. The van der Waals surface area contributed by atoms with Crippen LogP contribution in [-0.2, 0) is 0 Å². The zero-order valence-corrected chi connectivity index (χ0v) is 11.4. The van der Waals surface area contributed by atoms with Crippen LogP contribution in [-0.4, -0.2) is 41.0 Å². The summed E-state index contributed by atoms with van der Waals surface area (Å²) in [6.45, 7) is 8.51. The first-order chi connectivity index (χ1) is 8.17. The molecule has 0 aliphatic carbocycles. The van der Waals surface area contributed by atoms with Crippen molar-refractivity contribution in [2.24, 2.45) is 0 Å². The molecule has 17 heavy (non-hydrogen) atoms. The third kappa shape index (κ3) is 7.18. The van der Waals surface area contributed by atoms with Gasteiger partial charge in [0.2, 0.25) is 0 Å². The molecule has 1 amide bonds. The largest absolute Gasteiger partial charge is 0.463 e. The van der Waals surface area contributed by atoms with Gasteiger partial charge in [-0.05, 0) is 19.3 Å². The molecule has 0 aromatic heterocycles. The van der Waals surface area contributed by atoms with Crippen LogP contribution in [0.25, 0.3) is 0 Å². The van der Waals surface area contributed by atoms with E-state index in [0.29, 0.717) is 6.54 Å². The summed E-state index contributed by atoms with van der Waals surface area (Å²) in [5.41, 5.74) is 2.95. The van der Waals surface area contributed by atoms with Gasteiger partial charge in [0.1, 0.15) is 0 Å². The summed E-state index contributed by atoms with van der Waals surface area (Å²) >= 11 is 0. The van der Waals surface area contributed by atoms with Crippen molar-refractivity contribution < 1.29 is 9.90 Å². The lowest BCUT2D eigenvalue weighted by Crippen LogP contribution is -2.54. The molecule has 0 heterocycles. The van der Waals surface area contributed by atoms with Crippen molar-refractivity contribution in [1.29, 1.82) is 0 Å². The molecule has 5 heteroatoms.